The second-order valence-corrected chi connectivity index (χ2v) is 8.29. The normalized spacial score (nSPS) is 20.9. The third kappa shape index (κ3) is 4.10. The first-order chi connectivity index (χ1) is 13.2. The summed E-state index contributed by atoms with van der Waals surface area (Å²) in [6.45, 7) is 0.816. The summed E-state index contributed by atoms with van der Waals surface area (Å²) in [5, 5.41) is 0. The highest BCUT2D eigenvalue weighted by molar-refractivity contribution is 7.87. The fourth-order valence-electron chi connectivity index (χ4n) is 3.46. The number of hydrogen-bond donors (Lipinski definition) is 0. The maximum absolute atomic E-state index is 12.6. The fourth-order valence-corrected chi connectivity index (χ4v) is 3.93. The monoisotopic (exact) mass is 444 g/mol. The van der Waals surface area contributed by atoms with Crippen molar-refractivity contribution in [1.82, 2.24) is 0 Å². The predicted octanol–water partition coefficient (Wildman–Crippen LogP) is 3.03. The summed E-state index contributed by atoms with van der Waals surface area (Å²) in [5.41, 5.74) is -3.11. The average Bonchev–Trinajstić information content (AvgIpc) is 2.91. The van der Waals surface area contributed by atoms with E-state index in [1.807, 2.05) is 0 Å². The number of amides is 1. The van der Waals surface area contributed by atoms with Gasteiger partial charge in [0.1, 0.15) is 5.84 Å². The average molecular weight is 444 g/mol. The van der Waals surface area contributed by atoms with Crippen molar-refractivity contribution >= 4 is 27.5 Å². The number of halogens is 6. The van der Waals surface area contributed by atoms with Crippen molar-refractivity contribution < 1.29 is 43.7 Å². The number of rotatable bonds is 3. The predicted molar refractivity (Wildman–Crippen MR) is 88.9 cm³/mol. The Morgan fingerprint density at radius 2 is 1.83 bits per heavy atom. The molecule has 13 heteroatoms. The Morgan fingerprint density at radius 3 is 2.41 bits per heavy atom. The van der Waals surface area contributed by atoms with E-state index < -0.39 is 40.4 Å². The lowest BCUT2D eigenvalue weighted by Gasteiger charge is -2.35. The maximum Gasteiger partial charge on any atom is 0.523 e. The van der Waals surface area contributed by atoms with Crippen molar-refractivity contribution in [1.29, 1.82) is 0 Å². The maximum atomic E-state index is 12.6. The number of carbonyl (C=O) groups excluding carboxylic acids is 1. The van der Waals surface area contributed by atoms with Gasteiger partial charge in [-0.3, -0.25) is 8.98 Å². The molecule has 0 radical (unpaired) electrons. The number of aryl methyl sites for hydroxylation is 2. The van der Waals surface area contributed by atoms with E-state index in [-0.39, 0.29) is 18.7 Å². The summed E-state index contributed by atoms with van der Waals surface area (Å²) in [7, 11) is -5.87. The SMILES string of the molecule is Cc1cc2c3c(c1)CC(=NC(=O)C(F)(F)F)N3C(COS(=O)(=O)C(F)(F)F)CC2. The second-order valence-electron chi connectivity index (χ2n) is 6.69. The molecular weight excluding hydrogens is 430 g/mol. The number of nitrogens with zero attached hydrogens (tertiary/aromatic N) is 2. The molecule has 0 N–H and O–H groups in total. The van der Waals surface area contributed by atoms with Crippen molar-refractivity contribution in [3.05, 3.63) is 28.8 Å². The summed E-state index contributed by atoms with van der Waals surface area (Å²) < 4.78 is 102. The third-order valence-corrected chi connectivity index (χ3v) is 5.58. The number of aliphatic imine (C=N–C) groups is 1. The quantitative estimate of drug-likeness (QED) is 0.407. The van der Waals surface area contributed by atoms with Gasteiger partial charge < -0.3 is 4.90 Å². The number of amidine groups is 1. The Labute approximate surface area is 161 Å². The zero-order chi connectivity index (χ0) is 21.8. The molecule has 3 rings (SSSR count). The van der Waals surface area contributed by atoms with Crippen LogP contribution in [-0.4, -0.2) is 44.5 Å². The minimum atomic E-state index is -5.87. The Hall–Kier alpha value is -2.15. The van der Waals surface area contributed by atoms with Crippen LogP contribution in [0, 0.1) is 6.92 Å². The van der Waals surface area contributed by atoms with Gasteiger partial charge in [-0.25, -0.2) is 0 Å². The Kier molecular flexibility index (Phi) is 5.18. The van der Waals surface area contributed by atoms with E-state index in [0.29, 0.717) is 17.7 Å². The molecule has 0 spiro atoms. The summed E-state index contributed by atoms with van der Waals surface area (Å²) in [4.78, 5) is 15.6. The van der Waals surface area contributed by atoms with Crippen molar-refractivity contribution in [2.75, 3.05) is 11.5 Å². The van der Waals surface area contributed by atoms with Crippen molar-refractivity contribution in [2.45, 2.75) is 43.9 Å². The van der Waals surface area contributed by atoms with Crippen LogP contribution < -0.4 is 4.90 Å². The van der Waals surface area contributed by atoms with E-state index >= 15 is 0 Å². The highest BCUT2D eigenvalue weighted by atomic mass is 32.2. The van der Waals surface area contributed by atoms with Gasteiger partial charge in [-0.05, 0) is 30.9 Å². The van der Waals surface area contributed by atoms with Gasteiger partial charge in [-0.2, -0.15) is 39.8 Å². The van der Waals surface area contributed by atoms with Gasteiger partial charge in [-0.1, -0.05) is 17.7 Å². The van der Waals surface area contributed by atoms with Crippen LogP contribution in [-0.2, 0) is 31.9 Å². The van der Waals surface area contributed by atoms with Crippen LogP contribution in [0.1, 0.15) is 23.1 Å². The molecule has 1 aromatic carbocycles. The molecule has 0 aromatic heterocycles. The van der Waals surface area contributed by atoms with Gasteiger partial charge in [0, 0.05) is 12.1 Å². The molecule has 160 valence electrons. The molecule has 2 aliphatic rings. The largest absolute Gasteiger partial charge is 0.523 e. The molecule has 1 aromatic rings. The molecule has 0 saturated carbocycles. The third-order valence-electron chi connectivity index (χ3n) is 4.56. The first-order valence-electron chi connectivity index (χ1n) is 8.27. The molecule has 0 fully saturated rings. The van der Waals surface area contributed by atoms with Crippen LogP contribution in [0.2, 0.25) is 0 Å². The second kappa shape index (κ2) is 6.97. The molecule has 2 aliphatic heterocycles. The molecular formula is C16H14F6N2O4S. The van der Waals surface area contributed by atoms with Crippen LogP contribution in [0.4, 0.5) is 32.0 Å². The first-order valence-corrected chi connectivity index (χ1v) is 9.67. The smallest absolute Gasteiger partial charge is 0.323 e. The van der Waals surface area contributed by atoms with Crippen LogP contribution in [0.3, 0.4) is 0 Å². The van der Waals surface area contributed by atoms with Crippen molar-refractivity contribution in [3.63, 3.8) is 0 Å². The number of carbonyl (C=O) groups is 1. The van der Waals surface area contributed by atoms with Crippen LogP contribution in [0.5, 0.6) is 0 Å². The van der Waals surface area contributed by atoms with E-state index in [4.69, 9.17) is 0 Å². The molecule has 6 nitrogen and oxygen atoms in total. The van der Waals surface area contributed by atoms with E-state index in [2.05, 4.69) is 9.18 Å². The lowest BCUT2D eigenvalue weighted by Crippen LogP contribution is -2.45. The van der Waals surface area contributed by atoms with Crippen LogP contribution >= 0.6 is 0 Å². The lowest BCUT2D eigenvalue weighted by molar-refractivity contribution is -0.169. The zero-order valence-corrected chi connectivity index (χ0v) is 15.6. The molecule has 0 saturated heterocycles. The summed E-state index contributed by atoms with van der Waals surface area (Å²) >= 11 is 0. The summed E-state index contributed by atoms with van der Waals surface area (Å²) in [6, 6.07) is 2.40. The Balaban J connectivity index is 1.97. The highest BCUT2D eigenvalue weighted by Crippen LogP contribution is 2.41. The minimum absolute atomic E-state index is 0.0997. The van der Waals surface area contributed by atoms with Crippen molar-refractivity contribution in [2.24, 2.45) is 4.99 Å². The molecule has 1 amide bonds. The molecule has 0 bridgehead atoms. The van der Waals surface area contributed by atoms with E-state index in [1.54, 1.807) is 19.1 Å². The van der Waals surface area contributed by atoms with E-state index in [1.165, 1.54) is 4.90 Å². The standard InChI is InChI=1S/C16H14F6N2O4S/c1-8-4-9-2-3-11(7-28-29(26,27)16(20,21)22)24-12(6-10(5-8)13(9)24)23-14(25)15(17,18)19/h4-5,11H,2-3,6-7H2,1H3. The molecule has 1 atom stereocenters. The van der Waals surface area contributed by atoms with Gasteiger partial charge in [0.15, 0.2) is 0 Å². The Bertz CT molecular complexity index is 984. The number of benzene rings is 1. The van der Waals surface area contributed by atoms with E-state index in [9.17, 15) is 39.6 Å². The van der Waals surface area contributed by atoms with Gasteiger partial charge in [0.25, 0.3) is 0 Å². The van der Waals surface area contributed by atoms with Gasteiger partial charge in [0.05, 0.1) is 12.6 Å². The molecule has 1 unspecified atom stereocenters. The molecule has 29 heavy (non-hydrogen) atoms. The van der Waals surface area contributed by atoms with Gasteiger partial charge in [0.2, 0.25) is 0 Å². The van der Waals surface area contributed by atoms with Gasteiger partial charge in [-0.15, -0.1) is 0 Å². The topological polar surface area (TPSA) is 76.0 Å². The number of alkyl halides is 6. The Morgan fingerprint density at radius 1 is 1.21 bits per heavy atom. The summed E-state index contributed by atoms with van der Waals surface area (Å²) in [6.07, 6.45) is -4.92. The molecule has 0 aliphatic carbocycles. The van der Waals surface area contributed by atoms with E-state index in [0.717, 1.165) is 11.1 Å². The number of anilines is 1. The minimum Gasteiger partial charge on any atom is -0.323 e. The summed E-state index contributed by atoms with van der Waals surface area (Å²) in [5.74, 6) is -2.67. The zero-order valence-electron chi connectivity index (χ0n) is 14.8. The first kappa shape index (κ1) is 21.6. The number of hydrogen-bond acceptors (Lipinski definition) is 4. The lowest BCUT2D eigenvalue weighted by atomic mass is 9.94. The molecule has 2 heterocycles. The highest BCUT2D eigenvalue weighted by Gasteiger charge is 2.48. The van der Waals surface area contributed by atoms with Crippen LogP contribution in [0.15, 0.2) is 17.1 Å². The van der Waals surface area contributed by atoms with Crippen LogP contribution in [0.25, 0.3) is 0 Å². The fraction of sp³-hybridized carbons (Fsp3) is 0.500. The van der Waals surface area contributed by atoms with Crippen molar-refractivity contribution in [3.8, 4) is 0 Å². The van der Waals surface area contributed by atoms with Gasteiger partial charge >= 0.3 is 27.7 Å².